The van der Waals surface area contributed by atoms with Gasteiger partial charge in [0.25, 0.3) is 0 Å². The van der Waals surface area contributed by atoms with E-state index < -0.39 is 11.9 Å². The lowest BCUT2D eigenvalue weighted by atomic mass is 9.87. The molecule has 0 aromatic rings. The summed E-state index contributed by atoms with van der Waals surface area (Å²) >= 11 is 0. The average molecular weight is 212 g/mol. The molecule has 5 nitrogen and oxygen atoms in total. The zero-order valence-electron chi connectivity index (χ0n) is 8.85. The number of carboxylic acid groups (broad SMARTS) is 1. The Balaban J connectivity index is 2.10. The molecule has 0 aromatic carbocycles. The van der Waals surface area contributed by atoms with Crippen LogP contribution in [0.1, 0.15) is 12.8 Å². The number of hydrogen-bond donors (Lipinski definition) is 1. The first-order chi connectivity index (χ1) is 7.18. The summed E-state index contributed by atoms with van der Waals surface area (Å²) in [5.74, 6) is -0.882. The molecule has 2 aliphatic rings. The second-order valence-corrected chi connectivity index (χ2v) is 4.14. The molecule has 1 atom stereocenters. The van der Waals surface area contributed by atoms with Gasteiger partial charge in [-0.15, -0.1) is 0 Å². The van der Waals surface area contributed by atoms with Crippen molar-refractivity contribution in [3.8, 4) is 0 Å². The van der Waals surface area contributed by atoms with Crippen LogP contribution in [0.25, 0.3) is 0 Å². The number of hydrazone groups is 1. The van der Waals surface area contributed by atoms with Crippen molar-refractivity contribution in [1.82, 2.24) is 5.01 Å². The van der Waals surface area contributed by atoms with Crippen LogP contribution >= 0.6 is 0 Å². The van der Waals surface area contributed by atoms with Gasteiger partial charge in [-0.25, -0.2) is 0 Å². The maximum absolute atomic E-state index is 11.1. The van der Waals surface area contributed by atoms with Gasteiger partial charge in [0.05, 0.1) is 12.3 Å². The first-order valence-corrected chi connectivity index (χ1v) is 5.28. The largest absolute Gasteiger partial charge is 0.481 e. The molecular weight excluding hydrogens is 196 g/mol. The fourth-order valence-corrected chi connectivity index (χ4v) is 2.23. The van der Waals surface area contributed by atoms with Crippen molar-refractivity contribution < 1.29 is 14.6 Å². The van der Waals surface area contributed by atoms with Gasteiger partial charge in [-0.2, -0.15) is 5.10 Å². The molecule has 0 saturated carbocycles. The third-order valence-electron chi connectivity index (χ3n) is 3.03. The first-order valence-electron chi connectivity index (χ1n) is 5.28. The second-order valence-electron chi connectivity index (χ2n) is 4.14. The third kappa shape index (κ3) is 2.12. The Hall–Kier alpha value is -1.10. The van der Waals surface area contributed by atoms with Crippen molar-refractivity contribution in [3.63, 3.8) is 0 Å². The van der Waals surface area contributed by atoms with Crippen molar-refractivity contribution in [2.24, 2.45) is 16.9 Å². The molecule has 0 spiro atoms. The predicted octanol–water partition coefficient (Wildman–Crippen LogP) is 0.415. The molecule has 84 valence electrons. The van der Waals surface area contributed by atoms with Crippen molar-refractivity contribution in [3.05, 3.63) is 0 Å². The molecule has 0 aromatic heterocycles. The molecule has 1 saturated heterocycles. The smallest absolute Gasteiger partial charge is 0.314 e. The van der Waals surface area contributed by atoms with Crippen molar-refractivity contribution in [2.75, 3.05) is 26.8 Å². The van der Waals surface area contributed by atoms with Crippen molar-refractivity contribution >= 4 is 11.7 Å². The maximum Gasteiger partial charge on any atom is 0.314 e. The summed E-state index contributed by atoms with van der Waals surface area (Å²) in [6.07, 6.45) is 1.80. The van der Waals surface area contributed by atoms with Crippen LogP contribution < -0.4 is 0 Å². The van der Waals surface area contributed by atoms with Crippen LogP contribution in [-0.4, -0.2) is 48.6 Å². The van der Waals surface area contributed by atoms with Crippen molar-refractivity contribution in [1.29, 1.82) is 0 Å². The van der Waals surface area contributed by atoms with Crippen LogP contribution in [0.5, 0.6) is 0 Å². The maximum atomic E-state index is 11.1. The van der Waals surface area contributed by atoms with Crippen molar-refractivity contribution in [2.45, 2.75) is 12.8 Å². The SMILES string of the molecule is CN1CC(C(=O)O)C(C2CCOCC2)=N1. The van der Waals surface area contributed by atoms with E-state index in [1.807, 2.05) is 7.05 Å². The highest BCUT2D eigenvalue weighted by Gasteiger charge is 2.36. The highest BCUT2D eigenvalue weighted by molar-refractivity contribution is 6.03. The van der Waals surface area contributed by atoms with Crippen LogP contribution in [-0.2, 0) is 9.53 Å². The van der Waals surface area contributed by atoms with E-state index in [9.17, 15) is 4.79 Å². The van der Waals surface area contributed by atoms with E-state index in [4.69, 9.17) is 9.84 Å². The molecule has 2 aliphatic heterocycles. The van der Waals surface area contributed by atoms with Gasteiger partial charge in [-0.05, 0) is 12.8 Å². The number of carbonyl (C=O) groups is 1. The minimum absolute atomic E-state index is 0.296. The Bertz CT molecular complexity index is 284. The lowest BCUT2D eigenvalue weighted by molar-refractivity contribution is -0.139. The molecule has 0 amide bonds. The Kier molecular flexibility index (Phi) is 2.90. The van der Waals surface area contributed by atoms with E-state index in [0.717, 1.165) is 31.8 Å². The van der Waals surface area contributed by atoms with Crippen LogP contribution in [0, 0.1) is 11.8 Å². The zero-order valence-corrected chi connectivity index (χ0v) is 8.85. The lowest BCUT2D eigenvalue weighted by Gasteiger charge is -2.23. The lowest BCUT2D eigenvalue weighted by Crippen LogP contribution is -2.32. The number of hydrogen-bond acceptors (Lipinski definition) is 4. The summed E-state index contributed by atoms with van der Waals surface area (Å²) in [4.78, 5) is 11.1. The Morgan fingerprint density at radius 1 is 1.53 bits per heavy atom. The van der Waals surface area contributed by atoms with Gasteiger partial charge in [-0.3, -0.25) is 9.80 Å². The topological polar surface area (TPSA) is 62.1 Å². The number of aliphatic carboxylic acids is 1. The van der Waals surface area contributed by atoms with Crippen LogP contribution in [0.15, 0.2) is 5.10 Å². The Labute approximate surface area is 88.7 Å². The van der Waals surface area contributed by atoms with Crippen LogP contribution in [0.2, 0.25) is 0 Å². The molecule has 5 heteroatoms. The Morgan fingerprint density at radius 3 is 2.80 bits per heavy atom. The Morgan fingerprint density at radius 2 is 2.20 bits per heavy atom. The quantitative estimate of drug-likeness (QED) is 0.720. The number of carboxylic acids is 1. The van der Waals surface area contributed by atoms with Gasteiger partial charge in [0.15, 0.2) is 0 Å². The summed E-state index contributed by atoms with van der Waals surface area (Å²) in [5, 5.41) is 15.1. The molecule has 0 radical (unpaired) electrons. The highest BCUT2D eigenvalue weighted by Crippen LogP contribution is 2.25. The van der Waals surface area contributed by atoms with Crippen LogP contribution in [0.4, 0.5) is 0 Å². The summed E-state index contributed by atoms with van der Waals surface area (Å²) in [7, 11) is 1.82. The monoisotopic (exact) mass is 212 g/mol. The number of nitrogens with zero attached hydrogens (tertiary/aromatic N) is 2. The summed E-state index contributed by atoms with van der Waals surface area (Å²) < 4.78 is 5.27. The van der Waals surface area contributed by atoms with E-state index in [2.05, 4.69) is 5.10 Å². The summed E-state index contributed by atoms with van der Waals surface area (Å²) in [5.41, 5.74) is 0.841. The van der Waals surface area contributed by atoms with Gasteiger partial charge in [0.1, 0.15) is 5.92 Å². The standard InChI is InChI=1S/C10H16N2O3/c1-12-6-8(10(13)14)9(11-12)7-2-4-15-5-3-7/h7-8H,2-6H2,1H3,(H,13,14). The van der Waals surface area contributed by atoms with E-state index >= 15 is 0 Å². The highest BCUT2D eigenvalue weighted by atomic mass is 16.5. The average Bonchev–Trinajstić information content (AvgIpc) is 2.62. The number of rotatable bonds is 2. The van der Waals surface area contributed by atoms with Gasteiger partial charge in [-0.1, -0.05) is 0 Å². The molecule has 0 bridgehead atoms. The molecule has 2 heterocycles. The summed E-state index contributed by atoms with van der Waals surface area (Å²) in [6, 6.07) is 0. The van der Waals surface area contributed by atoms with Gasteiger partial charge >= 0.3 is 5.97 Å². The van der Waals surface area contributed by atoms with Gasteiger partial charge < -0.3 is 9.84 Å². The molecule has 15 heavy (non-hydrogen) atoms. The molecule has 0 aliphatic carbocycles. The normalized spacial score (nSPS) is 27.9. The van der Waals surface area contributed by atoms with Gasteiger partial charge in [0, 0.05) is 26.2 Å². The van der Waals surface area contributed by atoms with E-state index in [1.165, 1.54) is 0 Å². The van der Waals surface area contributed by atoms with E-state index in [-0.39, 0.29) is 0 Å². The van der Waals surface area contributed by atoms with E-state index in [1.54, 1.807) is 5.01 Å². The fourth-order valence-electron chi connectivity index (χ4n) is 2.23. The second kappa shape index (κ2) is 4.18. The molecule has 1 unspecified atom stereocenters. The number of ether oxygens (including phenoxy) is 1. The minimum atomic E-state index is -0.760. The molecular formula is C10H16N2O3. The van der Waals surface area contributed by atoms with Crippen LogP contribution in [0.3, 0.4) is 0 Å². The van der Waals surface area contributed by atoms with E-state index in [0.29, 0.717) is 12.5 Å². The molecule has 1 fully saturated rings. The minimum Gasteiger partial charge on any atom is -0.481 e. The zero-order chi connectivity index (χ0) is 10.8. The molecule has 2 rings (SSSR count). The summed E-state index contributed by atoms with van der Waals surface area (Å²) in [6.45, 7) is 1.95. The third-order valence-corrected chi connectivity index (χ3v) is 3.03. The molecule has 1 N–H and O–H groups in total. The van der Waals surface area contributed by atoms with Gasteiger partial charge in [0.2, 0.25) is 0 Å². The fraction of sp³-hybridized carbons (Fsp3) is 0.800. The predicted molar refractivity (Wildman–Crippen MR) is 54.7 cm³/mol. The first kappa shape index (κ1) is 10.4.